The average Bonchev–Trinajstić information content (AvgIpc) is 3.10. The standard InChI is InChI=1S/C14H23N3S/c1-11(14-9-18-10-16-14)17(13-5-6-13)8-12-4-2-3-7-15-12/h9-13,15H,2-8H2,1H3. The van der Waals surface area contributed by atoms with Crippen LogP contribution in [0.3, 0.4) is 0 Å². The van der Waals surface area contributed by atoms with Crippen LogP contribution in [0.4, 0.5) is 0 Å². The van der Waals surface area contributed by atoms with Crippen LogP contribution in [0.25, 0.3) is 0 Å². The van der Waals surface area contributed by atoms with Crippen molar-refractivity contribution in [3.8, 4) is 0 Å². The van der Waals surface area contributed by atoms with Crippen molar-refractivity contribution in [3.63, 3.8) is 0 Å². The topological polar surface area (TPSA) is 28.2 Å². The molecule has 2 heterocycles. The molecule has 0 amide bonds. The van der Waals surface area contributed by atoms with Gasteiger partial charge in [-0.25, -0.2) is 4.98 Å². The number of aromatic nitrogens is 1. The molecule has 0 bridgehead atoms. The van der Waals surface area contributed by atoms with E-state index in [-0.39, 0.29) is 0 Å². The van der Waals surface area contributed by atoms with Gasteiger partial charge in [-0.15, -0.1) is 11.3 Å². The first-order valence-corrected chi connectivity index (χ1v) is 8.16. The van der Waals surface area contributed by atoms with Gasteiger partial charge < -0.3 is 5.32 Å². The Morgan fingerprint density at radius 2 is 2.33 bits per heavy atom. The maximum absolute atomic E-state index is 4.50. The molecule has 1 aliphatic carbocycles. The molecule has 1 aliphatic heterocycles. The zero-order valence-electron chi connectivity index (χ0n) is 11.1. The largest absolute Gasteiger partial charge is 0.313 e. The van der Waals surface area contributed by atoms with E-state index in [1.165, 1.54) is 50.9 Å². The molecule has 18 heavy (non-hydrogen) atoms. The smallest absolute Gasteiger partial charge is 0.0795 e. The van der Waals surface area contributed by atoms with Gasteiger partial charge in [0.1, 0.15) is 0 Å². The molecule has 2 aliphatic rings. The van der Waals surface area contributed by atoms with E-state index in [1.807, 2.05) is 5.51 Å². The molecule has 3 rings (SSSR count). The molecule has 0 aromatic carbocycles. The summed E-state index contributed by atoms with van der Waals surface area (Å²) in [6.07, 6.45) is 6.83. The van der Waals surface area contributed by atoms with Crippen LogP contribution in [0.2, 0.25) is 0 Å². The Morgan fingerprint density at radius 3 is 2.94 bits per heavy atom. The second-order valence-electron chi connectivity index (χ2n) is 5.66. The van der Waals surface area contributed by atoms with Gasteiger partial charge in [0.15, 0.2) is 0 Å². The normalized spacial score (nSPS) is 26.4. The number of piperidine rings is 1. The average molecular weight is 265 g/mol. The lowest BCUT2D eigenvalue weighted by molar-refractivity contribution is 0.164. The number of hydrogen-bond acceptors (Lipinski definition) is 4. The highest BCUT2D eigenvalue weighted by Gasteiger charge is 2.34. The second kappa shape index (κ2) is 5.68. The molecule has 4 heteroatoms. The monoisotopic (exact) mass is 265 g/mol. The second-order valence-corrected chi connectivity index (χ2v) is 6.38. The third-order valence-electron chi connectivity index (χ3n) is 4.24. The van der Waals surface area contributed by atoms with Crippen molar-refractivity contribution in [3.05, 3.63) is 16.6 Å². The van der Waals surface area contributed by atoms with Gasteiger partial charge in [0.25, 0.3) is 0 Å². The summed E-state index contributed by atoms with van der Waals surface area (Å²) in [5.41, 5.74) is 3.21. The van der Waals surface area contributed by atoms with Crippen molar-refractivity contribution in [2.75, 3.05) is 13.1 Å². The highest BCUT2D eigenvalue weighted by molar-refractivity contribution is 7.07. The Morgan fingerprint density at radius 1 is 1.44 bits per heavy atom. The van der Waals surface area contributed by atoms with Crippen molar-refractivity contribution in [2.45, 2.75) is 57.2 Å². The van der Waals surface area contributed by atoms with Gasteiger partial charge in [-0.3, -0.25) is 4.90 Å². The third kappa shape index (κ3) is 2.92. The van der Waals surface area contributed by atoms with E-state index in [1.54, 1.807) is 11.3 Å². The fourth-order valence-corrected chi connectivity index (χ4v) is 3.60. The van der Waals surface area contributed by atoms with Crippen molar-refractivity contribution in [2.24, 2.45) is 0 Å². The number of nitrogens with one attached hydrogen (secondary N) is 1. The molecule has 2 atom stereocenters. The number of rotatable bonds is 5. The van der Waals surface area contributed by atoms with Crippen molar-refractivity contribution < 1.29 is 0 Å². The fraction of sp³-hybridized carbons (Fsp3) is 0.786. The molecule has 100 valence electrons. The van der Waals surface area contributed by atoms with Crippen LogP contribution >= 0.6 is 11.3 Å². The molecular formula is C14H23N3S. The van der Waals surface area contributed by atoms with E-state index in [4.69, 9.17) is 0 Å². The summed E-state index contributed by atoms with van der Waals surface area (Å²) in [6, 6.07) is 1.98. The summed E-state index contributed by atoms with van der Waals surface area (Å²) < 4.78 is 0. The molecule has 3 nitrogen and oxygen atoms in total. The predicted octanol–water partition coefficient (Wildman–Crippen LogP) is 2.81. The SMILES string of the molecule is CC(c1cscn1)N(CC1CCCCN1)C1CC1. The third-order valence-corrected chi connectivity index (χ3v) is 4.84. The molecule has 0 spiro atoms. The van der Waals surface area contributed by atoms with E-state index in [9.17, 15) is 0 Å². The zero-order valence-corrected chi connectivity index (χ0v) is 12.0. The highest BCUT2D eigenvalue weighted by atomic mass is 32.1. The molecule has 0 radical (unpaired) electrons. The number of thiazole rings is 1. The van der Waals surface area contributed by atoms with Crippen LogP contribution in [0.1, 0.15) is 50.8 Å². The van der Waals surface area contributed by atoms with Gasteiger partial charge in [-0.2, -0.15) is 0 Å². The predicted molar refractivity (Wildman–Crippen MR) is 75.9 cm³/mol. The van der Waals surface area contributed by atoms with E-state index >= 15 is 0 Å². The Balaban J connectivity index is 1.64. The van der Waals surface area contributed by atoms with Crippen LogP contribution in [-0.4, -0.2) is 35.1 Å². The summed E-state index contributed by atoms with van der Waals surface area (Å²) in [5, 5.41) is 5.88. The quantitative estimate of drug-likeness (QED) is 0.887. The van der Waals surface area contributed by atoms with E-state index in [0.29, 0.717) is 12.1 Å². The number of nitrogens with zero attached hydrogens (tertiary/aromatic N) is 2. The summed E-state index contributed by atoms with van der Waals surface area (Å²) in [5.74, 6) is 0. The maximum atomic E-state index is 4.50. The Kier molecular flexibility index (Phi) is 3.97. The Labute approximate surface area is 114 Å². The minimum absolute atomic E-state index is 0.479. The highest BCUT2D eigenvalue weighted by Crippen LogP contribution is 2.34. The van der Waals surface area contributed by atoms with Gasteiger partial charge >= 0.3 is 0 Å². The van der Waals surface area contributed by atoms with E-state index < -0.39 is 0 Å². The van der Waals surface area contributed by atoms with Crippen molar-refractivity contribution in [1.29, 1.82) is 0 Å². The minimum Gasteiger partial charge on any atom is -0.313 e. The van der Waals surface area contributed by atoms with Crippen LogP contribution in [0.5, 0.6) is 0 Å². The summed E-state index contributed by atoms with van der Waals surface area (Å²) in [7, 11) is 0. The summed E-state index contributed by atoms with van der Waals surface area (Å²) in [6.45, 7) is 4.72. The van der Waals surface area contributed by atoms with Gasteiger partial charge in [0.05, 0.1) is 17.2 Å². The molecule has 1 aromatic heterocycles. The van der Waals surface area contributed by atoms with Gasteiger partial charge in [0.2, 0.25) is 0 Å². The van der Waals surface area contributed by atoms with Crippen molar-refractivity contribution in [1.82, 2.24) is 15.2 Å². The minimum atomic E-state index is 0.479. The first kappa shape index (κ1) is 12.6. The lowest BCUT2D eigenvalue weighted by atomic mass is 10.0. The summed E-state index contributed by atoms with van der Waals surface area (Å²) >= 11 is 1.71. The molecule has 1 N–H and O–H groups in total. The Bertz CT molecular complexity index is 355. The molecule has 1 saturated carbocycles. The Hall–Kier alpha value is -0.450. The maximum Gasteiger partial charge on any atom is 0.0795 e. The molecule has 2 fully saturated rings. The summed E-state index contributed by atoms with van der Waals surface area (Å²) in [4.78, 5) is 7.18. The van der Waals surface area contributed by atoms with Crippen LogP contribution in [-0.2, 0) is 0 Å². The van der Waals surface area contributed by atoms with Crippen LogP contribution < -0.4 is 5.32 Å². The first-order chi connectivity index (χ1) is 8.84. The molecule has 1 aromatic rings. The van der Waals surface area contributed by atoms with Crippen molar-refractivity contribution >= 4 is 11.3 Å². The van der Waals surface area contributed by atoms with Gasteiger partial charge in [-0.05, 0) is 39.2 Å². The molecule has 2 unspecified atom stereocenters. The number of hydrogen-bond donors (Lipinski definition) is 1. The first-order valence-electron chi connectivity index (χ1n) is 7.22. The van der Waals surface area contributed by atoms with Gasteiger partial charge in [-0.1, -0.05) is 6.42 Å². The lowest BCUT2D eigenvalue weighted by Gasteiger charge is -2.34. The van der Waals surface area contributed by atoms with Gasteiger partial charge in [0, 0.05) is 24.0 Å². The van der Waals surface area contributed by atoms with E-state index in [0.717, 1.165) is 6.04 Å². The zero-order chi connectivity index (χ0) is 12.4. The lowest BCUT2D eigenvalue weighted by Crippen LogP contribution is -2.45. The van der Waals surface area contributed by atoms with Crippen LogP contribution in [0.15, 0.2) is 10.9 Å². The van der Waals surface area contributed by atoms with E-state index in [2.05, 4.69) is 27.5 Å². The molecular weight excluding hydrogens is 242 g/mol. The van der Waals surface area contributed by atoms with Crippen LogP contribution in [0, 0.1) is 0 Å². The molecule has 1 saturated heterocycles. The fourth-order valence-electron chi connectivity index (χ4n) is 2.96.